The molecule has 0 aromatic heterocycles. The highest BCUT2D eigenvalue weighted by atomic mass is 16.2. The molecule has 1 aromatic rings. The molecule has 1 aromatic carbocycles. The van der Waals surface area contributed by atoms with Crippen LogP contribution in [0.4, 0.5) is 0 Å². The van der Waals surface area contributed by atoms with Gasteiger partial charge >= 0.3 is 0 Å². The maximum absolute atomic E-state index is 12.7. The third-order valence-electron chi connectivity index (χ3n) is 3.35. The van der Waals surface area contributed by atoms with Crippen molar-refractivity contribution < 1.29 is 4.79 Å². The maximum Gasteiger partial charge on any atom is 0.234 e. The van der Waals surface area contributed by atoms with Crippen LogP contribution in [0.2, 0.25) is 0 Å². The standard InChI is InChI=1S/C18H18NO/c1-3-14-19(15-16-10-6-4-7-11-16)17(20)18(2)12-8-5-9-13-18/h1,4-13H,14-15H2,2H3. The van der Waals surface area contributed by atoms with Crippen molar-refractivity contribution in [2.24, 2.45) is 5.41 Å². The third-order valence-corrected chi connectivity index (χ3v) is 3.35. The first-order valence-corrected chi connectivity index (χ1v) is 6.63. The minimum Gasteiger partial charge on any atom is -0.326 e. The Balaban J connectivity index is 2.16. The number of hydrogen-bond acceptors (Lipinski definition) is 1. The summed E-state index contributed by atoms with van der Waals surface area (Å²) in [7, 11) is 0. The molecule has 0 N–H and O–H groups in total. The number of carbonyl (C=O) groups is 1. The Kier molecular flexibility index (Phi) is 4.42. The van der Waals surface area contributed by atoms with Crippen molar-refractivity contribution >= 4 is 5.91 Å². The predicted octanol–water partition coefficient (Wildman–Crippen LogP) is 2.98. The minimum absolute atomic E-state index is 0.0277. The second-order valence-corrected chi connectivity index (χ2v) is 5.04. The van der Waals surface area contributed by atoms with Gasteiger partial charge in [-0.2, -0.15) is 0 Å². The minimum atomic E-state index is -0.611. The van der Waals surface area contributed by atoms with Gasteiger partial charge in [-0.1, -0.05) is 60.6 Å². The smallest absolute Gasteiger partial charge is 0.234 e. The van der Waals surface area contributed by atoms with Crippen molar-refractivity contribution in [1.82, 2.24) is 4.90 Å². The van der Waals surface area contributed by atoms with Crippen molar-refractivity contribution in [3.05, 3.63) is 66.6 Å². The van der Waals surface area contributed by atoms with Crippen LogP contribution in [-0.4, -0.2) is 17.4 Å². The topological polar surface area (TPSA) is 20.3 Å². The van der Waals surface area contributed by atoms with Crippen LogP contribution in [0.15, 0.2) is 54.6 Å². The number of terminal acetylenes is 1. The van der Waals surface area contributed by atoms with E-state index in [4.69, 9.17) is 6.42 Å². The second kappa shape index (κ2) is 6.25. The highest BCUT2D eigenvalue weighted by molar-refractivity contribution is 5.87. The van der Waals surface area contributed by atoms with E-state index in [1.165, 1.54) is 0 Å². The summed E-state index contributed by atoms with van der Waals surface area (Å²) in [6.45, 7) is 2.75. The third kappa shape index (κ3) is 3.19. The predicted molar refractivity (Wildman–Crippen MR) is 81.4 cm³/mol. The molecule has 0 bridgehead atoms. The average molecular weight is 264 g/mol. The fourth-order valence-electron chi connectivity index (χ4n) is 2.23. The van der Waals surface area contributed by atoms with Gasteiger partial charge in [0.15, 0.2) is 0 Å². The molecule has 2 rings (SSSR count). The quantitative estimate of drug-likeness (QED) is 0.766. The molecule has 20 heavy (non-hydrogen) atoms. The number of amides is 1. The Morgan fingerprint density at radius 1 is 1.25 bits per heavy atom. The van der Waals surface area contributed by atoms with E-state index in [9.17, 15) is 4.79 Å². The van der Waals surface area contributed by atoms with E-state index in [-0.39, 0.29) is 5.91 Å². The molecular weight excluding hydrogens is 246 g/mol. The summed E-state index contributed by atoms with van der Waals surface area (Å²) in [5.41, 5.74) is 0.468. The number of carbonyl (C=O) groups excluding carboxylic acids is 1. The summed E-state index contributed by atoms with van der Waals surface area (Å²) in [5, 5.41) is 0. The first-order valence-electron chi connectivity index (χ1n) is 6.63. The van der Waals surface area contributed by atoms with Crippen molar-refractivity contribution in [3.8, 4) is 12.3 Å². The monoisotopic (exact) mass is 264 g/mol. The lowest BCUT2D eigenvalue weighted by Gasteiger charge is -2.31. The Morgan fingerprint density at radius 3 is 2.60 bits per heavy atom. The summed E-state index contributed by atoms with van der Waals surface area (Å²) >= 11 is 0. The van der Waals surface area contributed by atoms with Crippen LogP contribution in [-0.2, 0) is 11.3 Å². The van der Waals surface area contributed by atoms with Gasteiger partial charge in [0.2, 0.25) is 5.91 Å². The number of allylic oxidation sites excluding steroid dienone is 3. The zero-order chi connectivity index (χ0) is 14.4. The average Bonchev–Trinajstić information content (AvgIpc) is 2.48. The largest absolute Gasteiger partial charge is 0.326 e. The lowest BCUT2D eigenvalue weighted by atomic mass is 9.82. The van der Waals surface area contributed by atoms with Crippen molar-refractivity contribution in [2.45, 2.75) is 13.5 Å². The van der Waals surface area contributed by atoms with Crippen LogP contribution < -0.4 is 0 Å². The molecule has 1 unspecified atom stereocenters. The van der Waals surface area contributed by atoms with E-state index < -0.39 is 5.41 Å². The van der Waals surface area contributed by atoms with Crippen molar-refractivity contribution in [2.75, 3.05) is 6.54 Å². The molecule has 101 valence electrons. The number of benzene rings is 1. The van der Waals surface area contributed by atoms with Crippen molar-refractivity contribution in [3.63, 3.8) is 0 Å². The van der Waals surface area contributed by atoms with E-state index in [1.807, 2.05) is 68.0 Å². The van der Waals surface area contributed by atoms with Crippen molar-refractivity contribution in [1.29, 1.82) is 0 Å². The van der Waals surface area contributed by atoms with Gasteiger partial charge in [-0.3, -0.25) is 4.79 Å². The number of hydrogen-bond donors (Lipinski definition) is 0. The van der Waals surface area contributed by atoms with Crippen LogP contribution in [0.25, 0.3) is 0 Å². The zero-order valence-corrected chi connectivity index (χ0v) is 11.6. The molecular formula is C18H18NO. The Labute approximate surface area is 120 Å². The molecule has 1 amide bonds. The Hall–Kier alpha value is -2.27. The molecule has 1 radical (unpaired) electrons. The lowest BCUT2D eigenvalue weighted by molar-refractivity contribution is -0.137. The van der Waals surface area contributed by atoms with Gasteiger partial charge in [0.25, 0.3) is 0 Å². The SMILES string of the molecule is C#CCN(Cc1ccccc1)C(=O)C1(C)[CH]C=CC=C1. The van der Waals surface area contributed by atoms with Gasteiger partial charge in [0, 0.05) is 13.0 Å². The molecule has 1 aliphatic rings. The van der Waals surface area contributed by atoms with Gasteiger partial charge in [-0.15, -0.1) is 6.42 Å². The first-order chi connectivity index (χ1) is 9.65. The van der Waals surface area contributed by atoms with Crippen LogP contribution >= 0.6 is 0 Å². The fraction of sp³-hybridized carbons (Fsp3) is 0.222. The first kappa shape index (κ1) is 14.1. The van der Waals surface area contributed by atoms with Gasteiger partial charge in [-0.05, 0) is 12.5 Å². The summed E-state index contributed by atoms with van der Waals surface area (Å²) in [6, 6.07) is 9.88. The zero-order valence-electron chi connectivity index (χ0n) is 11.6. The van der Waals surface area contributed by atoms with E-state index in [0.717, 1.165) is 5.56 Å². The second-order valence-electron chi connectivity index (χ2n) is 5.04. The summed E-state index contributed by atoms with van der Waals surface area (Å²) in [4.78, 5) is 14.4. The van der Waals surface area contributed by atoms with Crippen LogP contribution in [0, 0.1) is 24.2 Å². The molecule has 0 heterocycles. The van der Waals surface area contributed by atoms with E-state index >= 15 is 0 Å². The molecule has 1 atom stereocenters. The molecule has 2 heteroatoms. The van der Waals surface area contributed by atoms with Gasteiger partial charge < -0.3 is 4.90 Å². The number of rotatable bonds is 4. The Bertz CT molecular complexity index is 565. The van der Waals surface area contributed by atoms with Gasteiger partial charge in [-0.25, -0.2) is 0 Å². The fourth-order valence-corrected chi connectivity index (χ4v) is 2.23. The molecule has 0 spiro atoms. The van der Waals surface area contributed by atoms with Crippen LogP contribution in [0.1, 0.15) is 12.5 Å². The normalized spacial score (nSPS) is 20.4. The molecule has 2 nitrogen and oxygen atoms in total. The molecule has 0 fully saturated rings. The molecule has 0 saturated heterocycles. The summed E-state index contributed by atoms with van der Waals surface area (Å²) in [6.07, 6.45) is 14.9. The maximum atomic E-state index is 12.7. The van der Waals surface area contributed by atoms with Gasteiger partial charge in [0.1, 0.15) is 0 Å². The Morgan fingerprint density at radius 2 is 2.00 bits per heavy atom. The molecule has 0 aliphatic heterocycles. The highest BCUT2D eigenvalue weighted by Crippen LogP contribution is 2.29. The summed E-state index contributed by atoms with van der Waals surface area (Å²) < 4.78 is 0. The molecule has 0 saturated carbocycles. The van der Waals surface area contributed by atoms with Crippen LogP contribution in [0.3, 0.4) is 0 Å². The van der Waals surface area contributed by atoms with Gasteiger partial charge in [0.05, 0.1) is 12.0 Å². The van der Waals surface area contributed by atoms with E-state index in [0.29, 0.717) is 13.1 Å². The number of nitrogens with zero attached hydrogens (tertiary/aromatic N) is 1. The molecule has 1 aliphatic carbocycles. The van der Waals surface area contributed by atoms with E-state index in [2.05, 4.69) is 5.92 Å². The highest BCUT2D eigenvalue weighted by Gasteiger charge is 2.34. The van der Waals surface area contributed by atoms with Crippen LogP contribution in [0.5, 0.6) is 0 Å². The van der Waals surface area contributed by atoms with E-state index in [1.54, 1.807) is 4.90 Å². The summed E-state index contributed by atoms with van der Waals surface area (Å²) in [5.74, 6) is 2.60. The lowest BCUT2D eigenvalue weighted by Crippen LogP contribution is -2.41.